The van der Waals surface area contributed by atoms with Gasteiger partial charge in [0.25, 0.3) is 0 Å². The topological polar surface area (TPSA) is 15.3 Å². The van der Waals surface area contributed by atoms with Gasteiger partial charge in [-0.25, -0.2) is 0 Å². The molecule has 0 aromatic heterocycles. The van der Waals surface area contributed by atoms with Crippen LogP contribution >= 0.6 is 11.8 Å². The Morgan fingerprint density at radius 2 is 2.27 bits per heavy atom. The summed E-state index contributed by atoms with van der Waals surface area (Å²) in [6, 6.07) is 0.736. The Morgan fingerprint density at radius 3 is 3.00 bits per heavy atom. The third-order valence-corrected chi connectivity index (χ3v) is 4.71. The lowest BCUT2D eigenvalue weighted by molar-refractivity contribution is 0.197. The second-order valence-electron chi connectivity index (χ2n) is 5.19. The minimum Gasteiger partial charge on any atom is -0.314 e. The zero-order valence-corrected chi connectivity index (χ0v) is 10.9. The SMILES string of the molecule is CC1CC(CN2CCSC(C)C2)CCN1. The highest BCUT2D eigenvalue weighted by atomic mass is 32.2. The summed E-state index contributed by atoms with van der Waals surface area (Å²) in [5.41, 5.74) is 0. The van der Waals surface area contributed by atoms with Crippen LogP contribution < -0.4 is 5.32 Å². The Hall–Kier alpha value is 0.270. The fourth-order valence-corrected chi connectivity index (χ4v) is 3.90. The third-order valence-electron chi connectivity index (χ3n) is 3.57. The molecule has 0 spiro atoms. The van der Waals surface area contributed by atoms with E-state index in [2.05, 4.69) is 35.8 Å². The van der Waals surface area contributed by atoms with Crippen LogP contribution in [-0.4, -0.2) is 48.1 Å². The summed E-state index contributed by atoms with van der Waals surface area (Å²) in [5, 5.41) is 4.38. The van der Waals surface area contributed by atoms with Crippen LogP contribution in [0.4, 0.5) is 0 Å². The number of rotatable bonds is 2. The Morgan fingerprint density at radius 1 is 1.40 bits per heavy atom. The van der Waals surface area contributed by atoms with E-state index in [0.29, 0.717) is 0 Å². The van der Waals surface area contributed by atoms with Gasteiger partial charge in [-0.05, 0) is 32.2 Å². The Labute approximate surface area is 98.2 Å². The molecule has 2 nitrogen and oxygen atoms in total. The molecule has 0 saturated carbocycles. The summed E-state index contributed by atoms with van der Waals surface area (Å²) in [6.45, 7) is 9.87. The monoisotopic (exact) mass is 228 g/mol. The highest BCUT2D eigenvalue weighted by Gasteiger charge is 2.23. The van der Waals surface area contributed by atoms with Gasteiger partial charge in [0, 0.05) is 36.7 Å². The Balaban J connectivity index is 1.75. The van der Waals surface area contributed by atoms with Crippen LogP contribution in [-0.2, 0) is 0 Å². The maximum Gasteiger partial charge on any atom is 0.0147 e. The number of hydrogen-bond donors (Lipinski definition) is 1. The van der Waals surface area contributed by atoms with Gasteiger partial charge in [-0.15, -0.1) is 0 Å². The van der Waals surface area contributed by atoms with E-state index in [0.717, 1.165) is 17.2 Å². The van der Waals surface area contributed by atoms with E-state index in [1.165, 1.54) is 44.8 Å². The zero-order chi connectivity index (χ0) is 10.7. The quantitative estimate of drug-likeness (QED) is 0.776. The molecule has 1 N–H and O–H groups in total. The fourth-order valence-electron chi connectivity index (χ4n) is 2.82. The fraction of sp³-hybridized carbons (Fsp3) is 1.00. The minimum atomic E-state index is 0.736. The maximum absolute atomic E-state index is 3.54. The lowest BCUT2D eigenvalue weighted by atomic mass is 9.93. The number of thioether (sulfide) groups is 1. The average Bonchev–Trinajstić information content (AvgIpc) is 2.17. The van der Waals surface area contributed by atoms with E-state index >= 15 is 0 Å². The molecule has 3 unspecified atom stereocenters. The highest BCUT2D eigenvalue weighted by molar-refractivity contribution is 7.99. The molecule has 2 aliphatic rings. The molecule has 3 heteroatoms. The molecule has 0 bridgehead atoms. The number of nitrogens with zero attached hydrogens (tertiary/aromatic N) is 1. The van der Waals surface area contributed by atoms with Crippen LogP contribution in [0.3, 0.4) is 0 Å². The second kappa shape index (κ2) is 5.55. The molecule has 3 atom stereocenters. The molecular weight excluding hydrogens is 204 g/mol. The van der Waals surface area contributed by atoms with Gasteiger partial charge in [-0.2, -0.15) is 11.8 Å². The van der Waals surface area contributed by atoms with Gasteiger partial charge < -0.3 is 10.2 Å². The largest absolute Gasteiger partial charge is 0.314 e. The average molecular weight is 228 g/mol. The van der Waals surface area contributed by atoms with Gasteiger partial charge in [-0.1, -0.05) is 6.92 Å². The smallest absolute Gasteiger partial charge is 0.0147 e. The van der Waals surface area contributed by atoms with E-state index in [4.69, 9.17) is 0 Å². The lowest BCUT2D eigenvalue weighted by Gasteiger charge is -2.36. The normalized spacial score (nSPS) is 39.2. The van der Waals surface area contributed by atoms with E-state index in [1.807, 2.05) is 0 Å². The summed E-state index contributed by atoms with van der Waals surface area (Å²) < 4.78 is 0. The van der Waals surface area contributed by atoms with E-state index in [9.17, 15) is 0 Å². The summed E-state index contributed by atoms with van der Waals surface area (Å²) in [4.78, 5) is 2.68. The molecule has 0 aromatic rings. The van der Waals surface area contributed by atoms with Crippen molar-refractivity contribution in [2.45, 2.75) is 38.0 Å². The van der Waals surface area contributed by atoms with Gasteiger partial charge in [0.2, 0.25) is 0 Å². The molecule has 88 valence electrons. The molecule has 2 aliphatic heterocycles. The predicted octanol–water partition coefficient (Wildman–Crippen LogP) is 1.81. The van der Waals surface area contributed by atoms with Crippen molar-refractivity contribution in [3.8, 4) is 0 Å². The first-order valence-corrected chi connectivity index (χ1v) is 7.36. The van der Waals surface area contributed by atoms with E-state index in [1.54, 1.807) is 0 Å². The minimum absolute atomic E-state index is 0.736. The van der Waals surface area contributed by atoms with Gasteiger partial charge in [0.1, 0.15) is 0 Å². The summed E-state index contributed by atoms with van der Waals surface area (Å²) in [6.07, 6.45) is 2.75. The van der Waals surface area contributed by atoms with Crippen LogP contribution in [0.2, 0.25) is 0 Å². The van der Waals surface area contributed by atoms with Crippen molar-refractivity contribution in [2.24, 2.45) is 5.92 Å². The lowest BCUT2D eigenvalue weighted by Crippen LogP contribution is -2.44. The number of nitrogens with one attached hydrogen (secondary N) is 1. The molecule has 0 aliphatic carbocycles. The second-order valence-corrected chi connectivity index (χ2v) is 6.73. The van der Waals surface area contributed by atoms with Crippen molar-refractivity contribution in [3.63, 3.8) is 0 Å². The first-order valence-electron chi connectivity index (χ1n) is 6.31. The van der Waals surface area contributed by atoms with E-state index in [-0.39, 0.29) is 0 Å². The summed E-state index contributed by atoms with van der Waals surface area (Å²) >= 11 is 2.13. The van der Waals surface area contributed by atoms with Crippen molar-refractivity contribution in [3.05, 3.63) is 0 Å². The van der Waals surface area contributed by atoms with Crippen molar-refractivity contribution in [2.75, 3.05) is 31.9 Å². The van der Waals surface area contributed by atoms with E-state index < -0.39 is 0 Å². The molecule has 2 fully saturated rings. The zero-order valence-electron chi connectivity index (χ0n) is 10.0. The number of hydrogen-bond acceptors (Lipinski definition) is 3. The summed E-state index contributed by atoms with van der Waals surface area (Å²) in [5.74, 6) is 2.28. The Kier molecular flexibility index (Phi) is 4.35. The molecule has 0 amide bonds. The third kappa shape index (κ3) is 3.65. The Bertz CT molecular complexity index is 178. The van der Waals surface area contributed by atoms with Gasteiger partial charge in [0.05, 0.1) is 0 Å². The molecule has 0 aromatic carbocycles. The van der Waals surface area contributed by atoms with Gasteiger partial charge in [-0.3, -0.25) is 0 Å². The van der Waals surface area contributed by atoms with Crippen molar-refractivity contribution < 1.29 is 0 Å². The molecule has 15 heavy (non-hydrogen) atoms. The molecule has 0 radical (unpaired) electrons. The van der Waals surface area contributed by atoms with Crippen molar-refractivity contribution in [1.29, 1.82) is 0 Å². The predicted molar refractivity (Wildman–Crippen MR) is 68.5 cm³/mol. The first kappa shape index (κ1) is 11.7. The van der Waals surface area contributed by atoms with Crippen LogP contribution in [0.15, 0.2) is 0 Å². The highest BCUT2D eigenvalue weighted by Crippen LogP contribution is 2.22. The van der Waals surface area contributed by atoms with Crippen molar-refractivity contribution in [1.82, 2.24) is 10.2 Å². The molecule has 2 saturated heterocycles. The van der Waals surface area contributed by atoms with Crippen LogP contribution in [0.5, 0.6) is 0 Å². The van der Waals surface area contributed by atoms with Crippen LogP contribution in [0, 0.1) is 5.92 Å². The number of piperidine rings is 1. The summed E-state index contributed by atoms with van der Waals surface area (Å²) in [7, 11) is 0. The standard InChI is InChI=1S/C12H24N2S/c1-10-7-12(3-4-13-10)9-14-5-6-15-11(2)8-14/h10-13H,3-9H2,1-2H3. The molecular formula is C12H24N2S. The van der Waals surface area contributed by atoms with Crippen LogP contribution in [0.25, 0.3) is 0 Å². The van der Waals surface area contributed by atoms with Crippen LogP contribution in [0.1, 0.15) is 26.7 Å². The molecule has 2 rings (SSSR count). The van der Waals surface area contributed by atoms with Crippen molar-refractivity contribution >= 4 is 11.8 Å². The molecule has 2 heterocycles. The maximum atomic E-state index is 3.54. The van der Waals surface area contributed by atoms with Gasteiger partial charge >= 0.3 is 0 Å². The first-order chi connectivity index (χ1) is 7.24. The van der Waals surface area contributed by atoms with Gasteiger partial charge in [0.15, 0.2) is 0 Å².